The van der Waals surface area contributed by atoms with Gasteiger partial charge in [-0.1, -0.05) is 6.92 Å². The van der Waals surface area contributed by atoms with Crippen molar-refractivity contribution in [2.24, 2.45) is 5.73 Å². The summed E-state index contributed by atoms with van der Waals surface area (Å²) in [6, 6.07) is -0.251. The summed E-state index contributed by atoms with van der Waals surface area (Å²) in [5.41, 5.74) is 7.60. The summed E-state index contributed by atoms with van der Waals surface area (Å²) < 4.78 is 0. The van der Waals surface area contributed by atoms with E-state index >= 15 is 0 Å². The Hall–Kier alpha value is -1.13. The maximum absolute atomic E-state index is 9.76. The van der Waals surface area contributed by atoms with Crippen molar-refractivity contribution in [2.45, 2.75) is 32.9 Å². The quantitative estimate of drug-likeness (QED) is 0.673. The van der Waals surface area contributed by atoms with Crippen LogP contribution in [-0.2, 0) is 6.61 Å². The topological polar surface area (TPSA) is 79.4 Å². The minimum atomic E-state index is -0.251. The number of hydrogen-bond acceptors (Lipinski definition) is 4. The monoisotopic (exact) mass is 196 g/mol. The fourth-order valence-corrected chi connectivity index (χ4v) is 1.40. The van der Waals surface area contributed by atoms with Gasteiger partial charge < -0.3 is 15.9 Å². The third-order valence-corrected chi connectivity index (χ3v) is 2.34. The molecule has 1 atom stereocenters. The van der Waals surface area contributed by atoms with Gasteiger partial charge >= 0.3 is 0 Å². The Morgan fingerprint density at radius 2 is 2.21 bits per heavy atom. The highest BCUT2D eigenvalue weighted by atomic mass is 16.3. The van der Waals surface area contributed by atoms with Crippen LogP contribution in [0.1, 0.15) is 36.2 Å². The molecule has 0 aliphatic heterocycles. The van der Waals surface area contributed by atoms with E-state index in [2.05, 4.69) is 4.98 Å². The van der Waals surface area contributed by atoms with Crippen LogP contribution in [0, 0.1) is 6.92 Å². The van der Waals surface area contributed by atoms with Crippen molar-refractivity contribution in [3.8, 4) is 5.75 Å². The average Bonchev–Trinajstić information content (AvgIpc) is 2.20. The van der Waals surface area contributed by atoms with Crippen LogP contribution in [0.3, 0.4) is 0 Å². The van der Waals surface area contributed by atoms with E-state index in [0.29, 0.717) is 23.2 Å². The lowest BCUT2D eigenvalue weighted by Gasteiger charge is -2.16. The largest absolute Gasteiger partial charge is 0.506 e. The molecule has 0 amide bonds. The minimum Gasteiger partial charge on any atom is -0.506 e. The molecule has 1 aromatic heterocycles. The van der Waals surface area contributed by atoms with Gasteiger partial charge in [-0.05, 0) is 13.3 Å². The van der Waals surface area contributed by atoms with Crippen LogP contribution in [0.2, 0.25) is 0 Å². The van der Waals surface area contributed by atoms with Gasteiger partial charge in [-0.3, -0.25) is 4.98 Å². The van der Waals surface area contributed by atoms with E-state index in [1.54, 1.807) is 13.1 Å². The number of aliphatic hydroxyl groups excluding tert-OH is 1. The zero-order chi connectivity index (χ0) is 10.7. The second-order valence-electron chi connectivity index (χ2n) is 3.30. The fraction of sp³-hybridized carbons (Fsp3) is 0.500. The number of pyridine rings is 1. The van der Waals surface area contributed by atoms with Gasteiger partial charge in [-0.2, -0.15) is 0 Å². The molecule has 1 rings (SSSR count). The second kappa shape index (κ2) is 4.39. The van der Waals surface area contributed by atoms with Gasteiger partial charge in [0.2, 0.25) is 0 Å². The summed E-state index contributed by atoms with van der Waals surface area (Å²) in [5, 5.41) is 18.8. The zero-order valence-corrected chi connectivity index (χ0v) is 8.49. The molecule has 0 spiro atoms. The molecule has 1 aromatic rings. The van der Waals surface area contributed by atoms with Crippen molar-refractivity contribution in [3.05, 3.63) is 23.0 Å². The van der Waals surface area contributed by atoms with Gasteiger partial charge in [0, 0.05) is 23.4 Å². The summed E-state index contributed by atoms with van der Waals surface area (Å²) in [6.45, 7) is 3.49. The summed E-state index contributed by atoms with van der Waals surface area (Å²) in [4.78, 5) is 3.96. The Morgan fingerprint density at radius 3 is 2.71 bits per heavy atom. The van der Waals surface area contributed by atoms with Gasteiger partial charge in [-0.25, -0.2) is 0 Å². The SMILES string of the molecule is CCC(N)c1c(CO)cnc(C)c1O. The maximum atomic E-state index is 9.76. The summed E-state index contributed by atoms with van der Waals surface area (Å²) in [7, 11) is 0. The van der Waals surface area contributed by atoms with Crippen LogP contribution in [0.15, 0.2) is 6.20 Å². The Balaban J connectivity index is 3.27. The highest BCUT2D eigenvalue weighted by Crippen LogP contribution is 2.29. The van der Waals surface area contributed by atoms with Crippen LogP contribution in [0.5, 0.6) is 5.75 Å². The van der Waals surface area contributed by atoms with Gasteiger partial charge in [0.1, 0.15) is 5.75 Å². The van der Waals surface area contributed by atoms with Crippen molar-refractivity contribution < 1.29 is 10.2 Å². The molecule has 0 fully saturated rings. The lowest BCUT2D eigenvalue weighted by Crippen LogP contribution is -2.13. The second-order valence-corrected chi connectivity index (χ2v) is 3.30. The van der Waals surface area contributed by atoms with Crippen molar-refractivity contribution in [3.63, 3.8) is 0 Å². The number of nitrogens with two attached hydrogens (primary N) is 1. The molecule has 4 nitrogen and oxygen atoms in total. The van der Waals surface area contributed by atoms with E-state index in [-0.39, 0.29) is 18.4 Å². The lowest BCUT2D eigenvalue weighted by molar-refractivity contribution is 0.278. The lowest BCUT2D eigenvalue weighted by atomic mass is 9.99. The molecule has 0 aliphatic rings. The highest BCUT2D eigenvalue weighted by molar-refractivity contribution is 5.42. The smallest absolute Gasteiger partial charge is 0.141 e. The standard InChI is InChI=1S/C10H16N2O2/c1-3-8(11)9-7(5-13)4-12-6(2)10(9)14/h4,8,13-14H,3,5,11H2,1-2H3. The molecule has 0 saturated heterocycles. The third-order valence-electron chi connectivity index (χ3n) is 2.34. The number of aromatic hydroxyl groups is 1. The molecule has 14 heavy (non-hydrogen) atoms. The minimum absolute atomic E-state index is 0.103. The zero-order valence-electron chi connectivity index (χ0n) is 8.49. The maximum Gasteiger partial charge on any atom is 0.141 e. The molecule has 4 N–H and O–H groups in total. The highest BCUT2D eigenvalue weighted by Gasteiger charge is 2.16. The average molecular weight is 196 g/mol. The van der Waals surface area contributed by atoms with Crippen molar-refractivity contribution in [1.82, 2.24) is 4.98 Å². The first-order valence-electron chi connectivity index (χ1n) is 4.65. The van der Waals surface area contributed by atoms with E-state index < -0.39 is 0 Å². The summed E-state index contributed by atoms with van der Waals surface area (Å²) in [6.07, 6.45) is 2.27. The summed E-state index contributed by atoms with van der Waals surface area (Å²) >= 11 is 0. The van der Waals surface area contributed by atoms with Crippen molar-refractivity contribution in [1.29, 1.82) is 0 Å². The fourth-order valence-electron chi connectivity index (χ4n) is 1.40. The third kappa shape index (κ3) is 1.86. The van der Waals surface area contributed by atoms with Crippen molar-refractivity contribution >= 4 is 0 Å². The van der Waals surface area contributed by atoms with E-state index in [0.717, 1.165) is 0 Å². The molecular weight excluding hydrogens is 180 g/mol. The Labute approximate surface area is 83.4 Å². The van der Waals surface area contributed by atoms with Gasteiger partial charge in [-0.15, -0.1) is 0 Å². The van der Waals surface area contributed by atoms with Gasteiger partial charge in [0.15, 0.2) is 0 Å². The Kier molecular flexibility index (Phi) is 3.43. The Bertz CT molecular complexity index is 326. The van der Waals surface area contributed by atoms with Crippen LogP contribution >= 0.6 is 0 Å². The first-order chi connectivity index (χ1) is 6.61. The van der Waals surface area contributed by atoms with Gasteiger partial charge in [0.05, 0.1) is 12.3 Å². The van der Waals surface area contributed by atoms with Crippen LogP contribution in [-0.4, -0.2) is 15.2 Å². The molecule has 0 aromatic carbocycles. The van der Waals surface area contributed by atoms with E-state index in [4.69, 9.17) is 10.8 Å². The first kappa shape index (κ1) is 10.9. The molecule has 0 radical (unpaired) electrons. The number of aromatic nitrogens is 1. The van der Waals surface area contributed by atoms with E-state index in [1.165, 1.54) is 0 Å². The van der Waals surface area contributed by atoms with Crippen molar-refractivity contribution in [2.75, 3.05) is 0 Å². The molecule has 0 saturated carbocycles. The molecule has 1 unspecified atom stereocenters. The number of nitrogens with zero attached hydrogens (tertiary/aromatic N) is 1. The van der Waals surface area contributed by atoms with Gasteiger partial charge in [0.25, 0.3) is 0 Å². The number of hydrogen-bond donors (Lipinski definition) is 3. The number of rotatable bonds is 3. The summed E-state index contributed by atoms with van der Waals surface area (Å²) in [5.74, 6) is 0.103. The molecule has 0 bridgehead atoms. The molecule has 1 heterocycles. The molecular formula is C10H16N2O2. The Morgan fingerprint density at radius 1 is 1.57 bits per heavy atom. The predicted octanol–water partition coefficient (Wildman–Crippen LogP) is 0.998. The number of aryl methyl sites for hydroxylation is 1. The predicted molar refractivity (Wildman–Crippen MR) is 53.8 cm³/mol. The molecule has 0 aliphatic carbocycles. The van der Waals surface area contributed by atoms with Crippen LogP contribution < -0.4 is 5.73 Å². The molecule has 78 valence electrons. The van der Waals surface area contributed by atoms with Crippen LogP contribution in [0.4, 0.5) is 0 Å². The molecule has 4 heteroatoms. The number of aliphatic hydroxyl groups is 1. The van der Waals surface area contributed by atoms with E-state index in [9.17, 15) is 5.11 Å². The first-order valence-corrected chi connectivity index (χ1v) is 4.65. The van der Waals surface area contributed by atoms with E-state index in [1.807, 2.05) is 6.92 Å². The normalized spacial score (nSPS) is 12.9. The van der Waals surface area contributed by atoms with Crippen LogP contribution in [0.25, 0.3) is 0 Å².